The largest absolute Gasteiger partial charge is 0.481 e. The van der Waals surface area contributed by atoms with Crippen LogP contribution in [0.25, 0.3) is 11.1 Å². The van der Waals surface area contributed by atoms with Gasteiger partial charge in [-0.25, -0.2) is 4.79 Å². The molecular formula is C28H32N2O4. The lowest BCUT2D eigenvalue weighted by Gasteiger charge is -2.20. The van der Waals surface area contributed by atoms with Crippen LogP contribution in [-0.2, 0) is 35.5 Å². The molecule has 6 heteroatoms. The highest BCUT2D eigenvalue weighted by molar-refractivity contribution is 5.99. The monoisotopic (exact) mass is 460 g/mol. The Kier molecular flexibility index (Phi) is 8.18. The van der Waals surface area contributed by atoms with E-state index in [0.29, 0.717) is 28.3 Å². The van der Waals surface area contributed by atoms with E-state index in [-0.39, 0.29) is 19.6 Å². The molecule has 0 aliphatic heterocycles. The number of carbonyl (C=O) groups is 2. The number of benzene rings is 2. The van der Waals surface area contributed by atoms with Crippen molar-refractivity contribution in [2.75, 3.05) is 0 Å². The third kappa shape index (κ3) is 5.88. The Balaban J connectivity index is 2.06. The van der Waals surface area contributed by atoms with E-state index >= 15 is 0 Å². The first-order valence-electron chi connectivity index (χ1n) is 11.5. The second kappa shape index (κ2) is 11.1. The van der Waals surface area contributed by atoms with Gasteiger partial charge in [-0.2, -0.15) is 0 Å². The van der Waals surface area contributed by atoms with Gasteiger partial charge in [0.15, 0.2) is 0 Å². The maximum Gasteiger partial charge on any atom is 0.340 e. The molecule has 0 unspecified atom stereocenters. The minimum atomic E-state index is -0.936. The zero-order chi connectivity index (χ0) is 24.8. The summed E-state index contributed by atoms with van der Waals surface area (Å²) < 4.78 is 5.71. The lowest BCUT2D eigenvalue weighted by molar-refractivity contribution is -0.136. The summed E-state index contributed by atoms with van der Waals surface area (Å²) in [5.74, 6) is -1.06. The topological polar surface area (TPSA) is 103 Å². The number of aryl methyl sites for hydroxylation is 2. The first-order chi connectivity index (χ1) is 16.2. The molecule has 0 bridgehead atoms. The summed E-state index contributed by atoms with van der Waals surface area (Å²) in [5.41, 5.74) is 13.0. The molecule has 1 heterocycles. The highest BCUT2D eigenvalue weighted by atomic mass is 16.5. The van der Waals surface area contributed by atoms with Crippen LogP contribution in [0.15, 0.2) is 48.5 Å². The zero-order valence-electron chi connectivity index (χ0n) is 20.2. The van der Waals surface area contributed by atoms with Gasteiger partial charge in [0.1, 0.15) is 6.61 Å². The minimum absolute atomic E-state index is 0.0270. The van der Waals surface area contributed by atoms with Gasteiger partial charge in [-0.15, -0.1) is 0 Å². The van der Waals surface area contributed by atoms with Gasteiger partial charge in [0.2, 0.25) is 0 Å². The number of aromatic nitrogens is 1. The first-order valence-corrected chi connectivity index (χ1v) is 11.5. The molecule has 0 saturated carbocycles. The van der Waals surface area contributed by atoms with E-state index in [2.05, 4.69) is 13.8 Å². The molecule has 0 saturated heterocycles. The standard InChI is InChI=1S/C28H32N2O4/c1-17(2)13-24-23(15-29)27(20-11-9-18(3)10-12-20)26(19(4)30-24)28(33)34-16-22-8-6-5-7-21(22)14-25(31)32/h5-12,17H,13-16,29H2,1-4H3,(H,31,32). The molecule has 0 amide bonds. The Labute approximate surface area is 200 Å². The van der Waals surface area contributed by atoms with E-state index in [1.807, 2.05) is 38.1 Å². The Bertz CT molecular complexity index is 1180. The third-order valence-corrected chi connectivity index (χ3v) is 5.73. The average Bonchev–Trinajstić information content (AvgIpc) is 2.77. The molecule has 0 aliphatic rings. The van der Waals surface area contributed by atoms with E-state index in [0.717, 1.165) is 34.4 Å². The number of pyridine rings is 1. The molecule has 3 rings (SSSR count). The van der Waals surface area contributed by atoms with Crippen molar-refractivity contribution in [1.82, 2.24) is 4.98 Å². The minimum Gasteiger partial charge on any atom is -0.481 e. The summed E-state index contributed by atoms with van der Waals surface area (Å²) in [6.07, 6.45) is 0.619. The van der Waals surface area contributed by atoms with Gasteiger partial charge in [-0.05, 0) is 48.4 Å². The van der Waals surface area contributed by atoms with Crippen LogP contribution in [-0.4, -0.2) is 22.0 Å². The van der Waals surface area contributed by atoms with Crippen molar-refractivity contribution in [1.29, 1.82) is 0 Å². The number of rotatable bonds is 9. The zero-order valence-corrected chi connectivity index (χ0v) is 20.2. The molecule has 0 atom stereocenters. The highest BCUT2D eigenvalue weighted by Gasteiger charge is 2.25. The van der Waals surface area contributed by atoms with Crippen LogP contribution in [0.2, 0.25) is 0 Å². The average molecular weight is 461 g/mol. The maximum atomic E-state index is 13.4. The van der Waals surface area contributed by atoms with Crippen LogP contribution in [0, 0.1) is 19.8 Å². The molecular weight excluding hydrogens is 428 g/mol. The van der Waals surface area contributed by atoms with Crippen molar-refractivity contribution in [3.8, 4) is 11.1 Å². The number of hydrogen-bond acceptors (Lipinski definition) is 5. The molecule has 178 valence electrons. The summed E-state index contributed by atoms with van der Waals surface area (Å²) in [4.78, 5) is 29.4. The van der Waals surface area contributed by atoms with Crippen molar-refractivity contribution in [2.24, 2.45) is 11.7 Å². The fourth-order valence-electron chi connectivity index (χ4n) is 4.12. The Morgan fingerprint density at radius 2 is 1.68 bits per heavy atom. The lowest BCUT2D eigenvalue weighted by Crippen LogP contribution is -2.17. The van der Waals surface area contributed by atoms with Crippen LogP contribution in [0.3, 0.4) is 0 Å². The van der Waals surface area contributed by atoms with E-state index in [1.54, 1.807) is 24.3 Å². The molecule has 0 spiro atoms. The summed E-state index contributed by atoms with van der Waals surface area (Å²) in [6.45, 7) is 8.30. The SMILES string of the molecule is Cc1ccc(-c2c(CN)c(CC(C)C)nc(C)c2C(=O)OCc2ccccc2CC(=O)O)cc1. The van der Waals surface area contributed by atoms with Gasteiger partial charge < -0.3 is 15.6 Å². The summed E-state index contributed by atoms with van der Waals surface area (Å²) in [5, 5.41) is 9.18. The molecule has 3 aromatic rings. The second-order valence-corrected chi connectivity index (χ2v) is 8.96. The molecule has 0 fully saturated rings. The number of nitrogens with two attached hydrogens (primary N) is 1. The Hall–Kier alpha value is -3.51. The van der Waals surface area contributed by atoms with Gasteiger partial charge in [0.25, 0.3) is 0 Å². The van der Waals surface area contributed by atoms with Gasteiger partial charge in [-0.1, -0.05) is 67.9 Å². The van der Waals surface area contributed by atoms with Crippen LogP contribution in [0.1, 0.15) is 57.8 Å². The molecule has 34 heavy (non-hydrogen) atoms. The lowest BCUT2D eigenvalue weighted by atomic mass is 9.90. The van der Waals surface area contributed by atoms with E-state index < -0.39 is 11.9 Å². The Morgan fingerprint density at radius 3 is 2.26 bits per heavy atom. The number of carbonyl (C=O) groups excluding carboxylic acids is 1. The normalized spacial score (nSPS) is 11.0. The van der Waals surface area contributed by atoms with Crippen molar-refractivity contribution in [3.63, 3.8) is 0 Å². The van der Waals surface area contributed by atoms with Gasteiger partial charge >= 0.3 is 11.9 Å². The number of esters is 1. The van der Waals surface area contributed by atoms with Crippen molar-refractivity contribution < 1.29 is 19.4 Å². The van der Waals surface area contributed by atoms with Gasteiger partial charge in [0, 0.05) is 17.8 Å². The molecule has 2 aromatic carbocycles. The summed E-state index contributed by atoms with van der Waals surface area (Å²) in [6, 6.07) is 15.1. The number of hydrogen-bond donors (Lipinski definition) is 2. The number of aliphatic carboxylic acids is 1. The van der Waals surface area contributed by atoms with Crippen LogP contribution in [0.4, 0.5) is 0 Å². The highest BCUT2D eigenvalue weighted by Crippen LogP contribution is 2.33. The van der Waals surface area contributed by atoms with E-state index in [9.17, 15) is 14.7 Å². The van der Waals surface area contributed by atoms with Crippen LogP contribution < -0.4 is 5.73 Å². The van der Waals surface area contributed by atoms with Crippen molar-refractivity contribution >= 4 is 11.9 Å². The van der Waals surface area contributed by atoms with Gasteiger partial charge in [-0.3, -0.25) is 9.78 Å². The first kappa shape index (κ1) is 25.1. The molecule has 0 aliphatic carbocycles. The van der Waals surface area contributed by atoms with Crippen LogP contribution >= 0.6 is 0 Å². The maximum absolute atomic E-state index is 13.4. The number of ether oxygens (including phenoxy) is 1. The fourth-order valence-corrected chi connectivity index (χ4v) is 4.12. The summed E-state index contributed by atoms with van der Waals surface area (Å²) in [7, 11) is 0. The van der Waals surface area contributed by atoms with Crippen LogP contribution in [0.5, 0.6) is 0 Å². The molecule has 6 nitrogen and oxygen atoms in total. The van der Waals surface area contributed by atoms with Crippen molar-refractivity contribution in [3.05, 3.63) is 87.7 Å². The fraction of sp³-hybridized carbons (Fsp3) is 0.321. The molecule has 1 aromatic heterocycles. The third-order valence-electron chi connectivity index (χ3n) is 5.73. The second-order valence-electron chi connectivity index (χ2n) is 8.96. The van der Waals surface area contributed by atoms with E-state index in [1.165, 1.54) is 0 Å². The predicted octanol–water partition coefficient (Wildman–Crippen LogP) is 5.01. The quantitative estimate of drug-likeness (QED) is 0.435. The van der Waals surface area contributed by atoms with Gasteiger partial charge in [0.05, 0.1) is 17.7 Å². The molecule has 0 radical (unpaired) electrons. The smallest absolute Gasteiger partial charge is 0.340 e. The van der Waals surface area contributed by atoms with E-state index in [4.69, 9.17) is 15.5 Å². The Morgan fingerprint density at radius 1 is 1.03 bits per heavy atom. The van der Waals surface area contributed by atoms with Crippen molar-refractivity contribution in [2.45, 2.75) is 53.7 Å². The number of carboxylic acids is 1. The summed E-state index contributed by atoms with van der Waals surface area (Å²) >= 11 is 0. The number of nitrogens with zero attached hydrogens (tertiary/aromatic N) is 1. The number of carboxylic acid groups (broad SMARTS) is 1. The predicted molar refractivity (Wildman–Crippen MR) is 132 cm³/mol. The molecule has 3 N–H and O–H groups in total.